The van der Waals surface area contributed by atoms with Crippen LogP contribution in [0, 0.1) is 5.92 Å². The highest BCUT2D eigenvalue weighted by atomic mass is 127. The molecule has 0 aromatic carbocycles. The van der Waals surface area contributed by atoms with Gasteiger partial charge in [-0.15, -0.1) is 24.0 Å². The molecule has 2 atom stereocenters. The Labute approximate surface area is 149 Å². The van der Waals surface area contributed by atoms with E-state index in [2.05, 4.69) is 32.8 Å². The molecular formula is C15H28IN5O. The zero-order valence-electron chi connectivity index (χ0n) is 13.5. The number of rotatable bonds is 5. The first kappa shape index (κ1) is 17.8. The SMILES string of the molecule is CN=C(NCC(=O)NC1CC1)NC1CN(C2CC2)CC1C.I. The lowest BCUT2D eigenvalue weighted by atomic mass is 10.1. The highest BCUT2D eigenvalue weighted by Gasteiger charge is 2.38. The van der Waals surface area contributed by atoms with Crippen LogP contribution in [0.3, 0.4) is 0 Å². The van der Waals surface area contributed by atoms with Gasteiger partial charge < -0.3 is 16.0 Å². The third kappa shape index (κ3) is 4.97. The molecule has 3 fully saturated rings. The predicted octanol–water partition coefficient (Wildman–Crippen LogP) is 0.531. The number of nitrogens with one attached hydrogen (secondary N) is 3. The van der Waals surface area contributed by atoms with Gasteiger partial charge in [-0.1, -0.05) is 6.92 Å². The smallest absolute Gasteiger partial charge is 0.239 e. The van der Waals surface area contributed by atoms with E-state index < -0.39 is 0 Å². The van der Waals surface area contributed by atoms with Crippen LogP contribution in [-0.4, -0.2) is 61.6 Å². The highest BCUT2D eigenvalue weighted by Crippen LogP contribution is 2.31. The van der Waals surface area contributed by atoms with Crippen LogP contribution in [0.1, 0.15) is 32.6 Å². The van der Waals surface area contributed by atoms with Crippen LogP contribution in [0.15, 0.2) is 4.99 Å². The molecule has 0 aromatic heterocycles. The van der Waals surface area contributed by atoms with Gasteiger partial charge in [-0.2, -0.15) is 0 Å². The average Bonchev–Trinajstić information content (AvgIpc) is 3.35. The Balaban J connectivity index is 0.00000176. The minimum Gasteiger partial charge on any atom is -0.352 e. The molecule has 0 radical (unpaired) electrons. The lowest BCUT2D eigenvalue weighted by Gasteiger charge is -2.20. The Morgan fingerprint density at radius 2 is 1.91 bits per heavy atom. The van der Waals surface area contributed by atoms with Gasteiger partial charge >= 0.3 is 0 Å². The summed E-state index contributed by atoms with van der Waals surface area (Å²) in [7, 11) is 1.76. The minimum absolute atomic E-state index is 0. The molecule has 0 bridgehead atoms. The maximum Gasteiger partial charge on any atom is 0.239 e. The molecule has 126 valence electrons. The van der Waals surface area contributed by atoms with E-state index >= 15 is 0 Å². The molecule has 22 heavy (non-hydrogen) atoms. The summed E-state index contributed by atoms with van der Waals surface area (Å²) in [6.07, 6.45) is 4.95. The van der Waals surface area contributed by atoms with Gasteiger partial charge in [0.1, 0.15) is 0 Å². The summed E-state index contributed by atoms with van der Waals surface area (Å²) in [4.78, 5) is 18.5. The monoisotopic (exact) mass is 421 g/mol. The van der Waals surface area contributed by atoms with Gasteiger partial charge in [0.2, 0.25) is 5.91 Å². The number of hydrogen-bond donors (Lipinski definition) is 3. The molecule has 2 saturated carbocycles. The number of hydrogen-bond acceptors (Lipinski definition) is 3. The molecule has 3 aliphatic rings. The normalized spacial score (nSPS) is 28.9. The van der Waals surface area contributed by atoms with Crippen molar-refractivity contribution in [3.8, 4) is 0 Å². The Kier molecular flexibility index (Phi) is 6.31. The first-order valence-corrected chi connectivity index (χ1v) is 8.16. The van der Waals surface area contributed by atoms with Crippen molar-refractivity contribution in [2.24, 2.45) is 10.9 Å². The van der Waals surface area contributed by atoms with Crippen LogP contribution in [0.5, 0.6) is 0 Å². The van der Waals surface area contributed by atoms with Gasteiger partial charge in [0.05, 0.1) is 6.54 Å². The van der Waals surface area contributed by atoms with Crippen molar-refractivity contribution in [3.05, 3.63) is 0 Å². The lowest BCUT2D eigenvalue weighted by molar-refractivity contribution is -0.120. The highest BCUT2D eigenvalue weighted by molar-refractivity contribution is 14.0. The van der Waals surface area contributed by atoms with Crippen LogP contribution in [0.2, 0.25) is 0 Å². The summed E-state index contributed by atoms with van der Waals surface area (Å²) in [6, 6.07) is 1.65. The van der Waals surface area contributed by atoms with Gasteiger partial charge in [0.15, 0.2) is 5.96 Å². The molecule has 3 N–H and O–H groups in total. The molecule has 1 amide bonds. The zero-order valence-corrected chi connectivity index (χ0v) is 15.8. The fourth-order valence-electron chi connectivity index (χ4n) is 2.97. The second kappa shape index (κ2) is 7.81. The minimum atomic E-state index is 0. The van der Waals surface area contributed by atoms with Gasteiger partial charge in [-0.25, -0.2) is 0 Å². The number of guanidine groups is 1. The standard InChI is InChI=1S/C15H27N5O.HI/c1-10-8-20(12-5-6-12)9-13(10)19-15(16-2)17-7-14(21)18-11-3-4-11;/h10-13H,3-9H2,1-2H3,(H,18,21)(H2,16,17,19);1H. The largest absolute Gasteiger partial charge is 0.352 e. The summed E-state index contributed by atoms with van der Waals surface area (Å²) < 4.78 is 0. The quantitative estimate of drug-likeness (QED) is 0.344. The van der Waals surface area contributed by atoms with Gasteiger partial charge in [-0.05, 0) is 31.6 Å². The second-order valence-corrected chi connectivity index (χ2v) is 6.68. The summed E-state index contributed by atoms with van der Waals surface area (Å²) in [6.45, 7) is 4.83. The summed E-state index contributed by atoms with van der Waals surface area (Å²) in [5.74, 6) is 1.40. The van der Waals surface area contributed by atoms with E-state index in [0.717, 1.165) is 31.4 Å². The summed E-state index contributed by atoms with van der Waals surface area (Å²) in [5, 5.41) is 9.56. The first-order chi connectivity index (χ1) is 10.2. The van der Waals surface area contributed by atoms with Crippen LogP contribution in [-0.2, 0) is 4.79 Å². The van der Waals surface area contributed by atoms with Gasteiger partial charge in [0.25, 0.3) is 0 Å². The number of amides is 1. The average molecular weight is 421 g/mol. The number of carbonyl (C=O) groups excluding carboxylic acids is 1. The Hall–Kier alpha value is -0.570. The second-order valence-electron chi connectivity index (χ2n) is 6.68. The van der Waals surface area contributed by atoms with Crippen LogP contribution in [0.4, 0.5) is 0 Å². The number of aliphatic imine (C=N–C) groups is 1. The molecule has 7 heteroatoms. The molecule has 0 aromatic rings. The van der Waals surface area contributed by atoms with Crippen molar-refractivity contribution in [2.45, 2.75) is 50.7 Å². The lowest BCUT2D eigenvalue weighted by Crippen LogP contribution is -2.49. The molecular weight excluding hydrogens is 393 g/mol. The number of carbonyl (C=O) groups is 1. The van der Waals surface area contributed by atoms with E-state index in [-0.39, 0.29) is 29.9 Å². The molecule has 1 aliphatic heterocycles. The fraction of sp³-hybridized carbons (Fsp3) is 0.867. The maximum atomic E-state index is 11.7. The molecule has 2 unspecified atom stereocenters. The van der Waals surface area contributed by atoms with Crippen LogP contribution >= 0.6 is 24.0 Å². The fourth-order valence-corrected chi connectivity index (χ4v) is 2.97. The number of halogens is 1. The van der Waals surface area contributed by atoms with E-state index in [4.69, 9.17) is 0 Å². The van der Waals surface area contributed by atoms with E-state index in [1.54, 1.807) is 7.05 Å². The molecule has 2 aliphatic carbocycles. The topological polar surface area (TPSA) is 68.8 Å². The van der Waals surface area contributed by atoms with E-state index in [9.17, 15) is 4.79 Å². The van der Waals surface area contributed by atoms with Crippen LogP contribution < -0.4 is 16.0 Å². The summed E-state index contributed by atoms with van der Waals surface area (Å²) >= 11 is 0. The first-order valence-electron chi connectivity index (χ1n) is 8.16. The van der Waals surface area contributed by atoms with E-state index in [1.165, 1.54) is 19.4 Å². The third-order valence-corrected chi connectivity index (χ3v) is 4.61. The van der Waals surface area contributed by atoms with Crippen molar-refractivity contribution in [1.29, 1.82) is 0 Å². The number of nitrogens with zero attached hydrogens (tertiary/aromatic N) is 2. The zero-order chi connectivity index (χ0) is 14.8. The van der Waals surface area contributed by atoms with Crippen molar-refractivity contribution < 1.29 is 4.79 Å². The number of likely N-dealkylation sites (tertiary alicyclic amines) is 1. The molecule has 1 heterocycles. The predicted molar refractivity (Wildman–Crippen MR) is 98.6 cm³/mol. The Morgan fingerprint density at radius 1 is 1.18 bits per heavy atom. The molecule has 0 spiro atoms. The van der Waals surface area contributed by atoms with Crippen LogP contribution in [0.25, 0.3) is 0 Å². The molecule has 3 rings (SSSR count). The molecule has 1 saturated heterocycles. The van der Waals surface area contributed by atoms with Gasteiger partial charge in [0, 0.05) is 38.3 Å². The Bertz CT molecular complexity index is 422. The van der Waals surface area contributed by atoms with Crippen molar-refractivity contribution in [3.63, 3.8) is 0 Å². The van der Waals surface area contributed by atoms with Crippen molar-refractivity contribution >= 4 is 35.8 Å². The Morgan fingerprint density at radius 3 is 2.50 bits per heavy atom. The van der Waals surface area contributed by atoms with E-state index in [1.807, 2.05) is 0 Å². The molecule has 6 nitrogen and oxygen atoms in total. The summed E-state index contributed by atoms with van der Waals surface area (Å²) in [5.41, 5.74) is 0. The van der Waals surface area contributed by atoms with Crippen molar-refractivity contribution in [1.82, 2.24) is 20.9 Å². The van der Waals surface area contributed by atoms with Gasteiger partial charge in [-0.3, -0.25) is 14.7 Å². The maximum absolute atomic E-state index is 11.7. The van der Waals surface area contributed by atoms with Crippen molar-refractivity contribution in [2.75, 3.05) is 26.7 Å². The third-order valence-electron chi connectivity index (χ3n) is 4.61. The van der Waals surface area contributed by atoms with E-state index in [0.29, 0.717) is 24.5 Å².